The van der Waals surface area contributed by atoms with E-state index in [4.69, 9.17) is 4.74 Å². The summed E-state index contributed by atoms with van der Waals surface area (Å²) in [4.78, 5) is 0. The molecule has 1 aromatic rings. The van der Waals surface area contributed by atoms with E-state index in [1.165, 1.54) is 12.1 Å². The van der Waals surface area contributed by atoms with Crippen LogP contribution in [0.5, 0.6) is 0 Å². The SMILES string of the molecule is COCC(NC(C)c1ccccc1C(F)(F)F)C(C)C. The molecule has 114 valence electrons. The van der Waals surface area contributed by atoms with Crippen molar-refractivity contribution in [1.29, 1.82) is 0 Å². The van der Waals surface area contributed by atoms with Gasteiger partial charge in [0.2, 0.25) is 0 Å². The van der Waals surface area contributed by atoms with E-state index < -0.39 is 17.8 Å². The molecule has 0 amide bonds. The van der Waals surface area contributed by atoms with E-state index in [9.17, 15) is 13.2 Å². The lowest BCUT2D eigenvalue weighted by Crippen LogP contribution is -2.39. The molecule has 0 aliphatic rings. The Morgan fingerprint density at radius 2 is 1.75 bits per heavy atom. The van der Waals surface area contributed by atoms with Crippen LogP contribution < -0.4 is 5.32 Å². The van der Waals surface area contributed by atoms with Gasteiger partial charge in [0.25, 0.3) is 0 Å². The van der Waals surface area contributed by atoms with Gasteiger partial charge in [-0.2, -0.15) is 13.2 Å². The van der Waals surface area contributed by atoms with E-state index in [2.05, 4.69) is 5.32 Å². The van der Waals surface area contributed by atoms with Gasteiger partial charge in [-0.05, 0) is 24.5 Å². The molecule has 2 nitrogen and oxygen atoms in total. The van der Waals surface area contributed by atoms with Crippen LogP contribution in [-0.2, 0) is 10.9 Å². The van der Waals surface area contributed by atoms with E-state index >= 15 is 0 Å². The molecule has 0 radical (unpaired) electrons. The quantitative estimate of drug-likeness (QED) is 0.854. The van der Waals surface area contributed by atoms with E-state index in [0.717, 1.165) is 6.07 Å². The number of hydrogen-bond donors (Lipinski definition) is 1. The van der Waals surface area contributed by atoms with Crippen LogP contribution in [0.1, 0.15) is 37.9 Å². The molecule has 0 aromatic heterocycles. The van der Waals surface area contributed by atoms with E-state index in [1.807, 2.05) is 13.8 Å². The molecule has 5 heteroatoms. The summed E-state index contributed by atoms with van der Waals surface area (Å²) in [5, 5.41) is 3.22. The molecular weight excluding hydrogens is 267 g/mol. The number of hydrogen-bond acceptors (Lipinski definition) is 2. The minimum Gasteiger partial charge on any atom is -0.383 e. The average Bonchev–Trinajstić information content (AvgIpc) is 2.37. The van der Waals surface area contributed by atoms with Gasteiger partial charge >= 0.3 is 6.18 Å². The second-order valence-electron chi connectivity index (χ2n) is 5.28. The van der Waals surface area contributed by atoms with Crippen LogP contribution in [-0.4, -0.2) is 19.8 Å². The molecule has 1 rings (SSSR count). The topological polar surface area (TPSA) is 21.3 Å². The maximum atomic E-state index is 13.0. The fourth-order valence-corrected chi connectivity index (χ4v) is 2.16. The third kappa shape index (κ3) is 4.49. The van der Waals surface area contributed by atoms with Gasteiger partial charge in [0.05, 0.1) is 12.2 Å². The maximum Gasteiger partial charge on any atom is 0.416 e. The van der Waals surface area contributed by atoms with E-state index in [0.29, 0.717) is 6.61 Å². The van der Waals surface area contributed by atoms with Crippen LogP contribution in [0.3, 0.4) is 0 Å². The maximum absolute atomic E-state index is 13.0. The number of rotatable bonds is 6. The number of nitrogens with one attached hydrogen (secondary N) is 1. The molecule has 0 heterocycles. The molecule has 1 N–H and O–H groups in total. The number of benzene rings is 1. The molecule has 0 aliphatic heterocycles. The Hall–Kier alpha value is -1.07. The third-order valence-corrected chi connectivity index (χ3v) is 3.35. The zero-order chi connectivity index (χ0) is 15.3. The van der Waals surface area contributed by atoms with Crippen LogP contribution in [0.15, 0.2) is 24.3 Å². The lowest BCUT2D eigenvalue weighted by atomic mass is 9.98. The monoisotopic (exact) mass is 289 g/mol. The molecule has 0 fully saturated rings. The van der Waals surface area contributed by atoms with Gasteiger partial charge in [0, 0.05) is 19.2 Å². The van der Waals surface area contributed by atoms with Crippen molar-refractivity contribution in [3.05, 3.63) is 35.4 Å². The molecule has 1 aromatic carbocycles. The van der Waals surface area contributed by atoms with Crippen molar-refractivity contribution in [2.75, 3.05) is 13.7 Å². The number of ether oxygens (including phenoxy) is 1. The Bertz CT molecular complexity index is 418. The van der Waals surface area contributed by atoms with Crippen molar-refractivity contribution in [2.45, 2.75) is 39.0 Å². The van der Waals surface area contributed by atoms with Crippen molar-refractivity contribution in [1.82, 2.24) is 5.32 Å². The number of methoxy groups -OCH3 is 1. The van der Waals surface area contributed by atoms with Gasteiger partial charge in [0.15, 0.2) is 0 Å². The largest absolute Gasteiger partial charge is 0.416 e. The summed E-state index contributed by atoms with van der Waals surface area (Å²) in [5.74, 6) is 0.274. The van der Waals surface area contributed by atoms with Gasteiger partial charge in [-0.25, -0.2) is 0 Å². The molecule has 2 atom stereocenters. The molecule has 0 saturated heterocycles. The summed E-state index contributed by atoms with van der Waals surface area (Å²) < 4.78 is 44.1. The zero-order valence-electron chi connectivity index (χ0n) is 12.3. The minimum absolute atomic E-state index is 0.0105. The number of halogens is 3. The lowest BCUT2D eigenvalue weighted by Gasteiger charge is -2.27. The van der Waals surface area contributed by atoms with Crippen LogP contribution >= 0.6 is 0 Å². The zero-order valence-corrected chi connectivity index (χ0v) is 12.3. The smallest absolute Gasteiger partial charge is 0.383 e. The van der Waals surface area contributed by atoms with Crippen molar-refractivity contribution in [3.8, 4) is 0 Å². The highest BCUT2D eigenvalue weighted by Crippen LogP contribution is 2.34. The third-order valence-electron chi connectivity index (χ3n) is 3.35. The fourth-order valence-electron chi connectivity index (χ4n) is 2.16. The minimum atomic E-state index is -4.33. The Morgan fingerprint density at radius 1 is 1.15 bits per heavy atom. The predicted octanol–water partition coefficient (Wildman–Crippen LogP) is 4.03. The van der Waals surface area contributed by atoms with Gasteiger partial charge in [-0.15, -0.1) is 0 Å². The Kier molecular flexibility index (Phi) is 6.02. The molecule has 0 saturated carbocycles. The second-order valence-corrected chi connectivity index (χ2v) is 5.28. The van der Waals surface area contributed by atoms with Gasteiger partial charge in [-0.3, -0.25) is 0 Å². The molecule has 20 heavy (non-hydrogen) atoms. The summed E-state index contributed by atoms with van der Waals surface area (Å²) in [5.41, 5.74) is -0.318. The summed E-state index contributed by atoms with van der Waals surface area (Å²) in [6.45, 7) is 6.24. The molecule has 2 unspecified atom stereocenters. The van der Waals surface area contributed by atoms with Crippen LogP contribution in [0.4, 0.5) is 13.2 Å². The summed E-state index contributed by atoms with van der Waals surface area (Å²) >= 11 is 0. The summed E-state index contributed by atoms with van der Waals surface area (Å²) in [6, 6.07) is 5.29. The first-order chi connectivity index (χ1) is 9.27. The average molecular weight is 289 g/mol. The lowest BCUT2D eigenvalue weighted by molar-refractivity contribution is -0.138. The first kappa shape index (κ1) is 17.0. The van der Waals surface area contributed by atoms with E-state index in [1.54, 1.807) is 20.1 Å². The van der Waals surface area contributed by atoms with Gasteiger partial charge in [0.1, 0.15) is 0 Å². The molecule has 0 spiro atoms. The molecular formula is C15H22F3NO. The Morgan fingerprint density at radius 3 is 2.25 bits per heavy atom. The van der Waals surface area contributed by atoms with E-state index in [-0.39, 0.29) is 17.5 Å². The highest BCUT2D eigenvalue weighted by molar-refractivity contribution is 5.32. The Labute approximate surface area is 118 Å². The highest BCUT2D eigenvalue weighted by atomic mass is 19.4. The summed E-state index contributed by atoms with van der Waals surface area (Å²) in [7, 11) is 1.59. The summed E-state index contributed by atoms with van der Waals surface area (Å²) in [6.07, 6.45) is -4.33. The van der Waals surface area contributed by atoms with Crippen molar-refractivity contribution in [3.63, 3.8) is 0 Å². The molecule has 0 bridgehead atoms. The van der Waals surface area contributed by atoms with Crippen LogP contribution in [0.25, 0.3) is 0 Å². The standard InChI is InChI=1S/C15H22F3NO/c1-10(2)14(9-20-4)19-11(3)12-7-5-6-8-13(12)15(16,17)18/h5-8,10-11,14,19H,9H2,1-4H3. The van der Waals surface area contributed by atoms with Crippen molar-refractivity contribution >= 4 is 0 Å². The first-order valence-corrected chi connectivity index (χ1v) is 6.68. The fraction of sp³-hybridized carbons (Fsp3) is 0.600. The van der Waals surface area contributed by atoms with Crippen molar-refractivity contribution < 1.29 is 17.9 Å². The van der Waals surface area contributed by atoms with Crippen LogP contribution in [0.2, 0.25) is 0 Å². The predicted molar refractivity (Wildman–Crippen MR) is 73.5 cm³/mol. The van der Waals surface area contributed by atoms with Gasteiger partial charge in [-0.1, -0.05) is 32.0 Å². The first-order valence-electron chi connectivity index (χ1n) is 6.68. The number of alkyl halides is 3. The Balaban J connectivity index is 2.94. The van der Waals surface area contributed by atoms with Crippen molar-refractivity contribution in [2.24, 2.45) is 5.92 Å². The van der Waals surface area contributed by atoms with Crippen LogP contribution in [0, 0.1) is 5.92 Å². The normalized spacial score (nSPS) is 15.4. The second kappa shape index (κ2) is 7.09. The molecule has 0 aliphatic carbocycles. The highest BCUT2D eigenvalue weighted by Gasteiger charge is 2.34. The van der Waals surface area contributed by atoms with Gasteiger partial charge < -0.3 is 10.1 Å².